The lowest BCUT2D eigenvalue weighted by molar-refractivity contribution is -0.114. The summed E-state index contributed by atoms with van der Waals surface area (Å²) >= 11 is 0. The van der Waals surface area contributed by atoms with Crippen molar-refractivity contribution >= 4 is 17.4 Å². The van der Waals surface area contributed by atoms with E-state index in [1.165, 1.54) is 12.8 Å². The molecule has 1 aliphatic rings. The Morgan fingerprint density at radius 2 is 1.95 bits per heavy atom. The van der Waals surface area contributed by atoms with E-state index >= 15 is 0 Å². The molecule has 0 atom stereocenters. The van der Waals surface area contributed by atoms with Crippen molar-refractivity contribution in [2.24, 2.45) is 0 Å². The summed E-state index contributed by atoms with van der Waals surface area (Å²) in [5.41, 5.74) is 0.942. The first kappa shape index (κ1) is 13.7. The van der Waals surface area contributed by atoms with E-state index in [-0.39, 0.29) is 12.5 Å². The topological polar surface area (TPSA) is 59.0 Å². The first-order valence-corrected chi connectivity index (χ1v) is 7.45. The zero-order valence-electron chi connectivity index (χ0n) is 12.0. The highest BCUT2D eigenvalue weighted by Crippen LogP contribution is 2.31. The molecule has 1 fully saturated rings. The summed E-state index contributed by atoms with van der Waals surface area (Å²) in [6.45, 7) is 0.250. The van der Waals surface area contributed by atoms with Crippen LogP contribution in [0.3, 0.4) is 0 Å². The molecule has 0 spiro atoms. The maximum Gasteiger partial charge on any atom is 0.244 e. The van der Waals surface area contributed by atoms with Gasteiger partial charge in [-0.25, -0.2) is 4.68 Å². The van der Waals surface area contributed by atoms with Gasteiger partial charge in [0.1, 0.15) is 5.82 Å². The highest BCUT2D eigenvalue weighted by Gasteiger charge is 2.20. The molecule has 1 saturated carbocycles. The van der Waals surface area contributed by atoms with E-state index in [0.717, 1.165) is 24.3 Å². The van der Waals surface area contributed by atoms with E-state index in [1.54, 1.807) is 6.20 Å². The molecule has 0 unspecified atom stereocenters. The van der Waals surface area contributed by atoms with Crippen molar-refractivity contribution in [1.82, 2.24) is 9.78 Å². The number of hydrogen-bond acceptors (Lipinski definition) is 3. The largest absolute Gasteiger partial charge is 0.376 e. The molecule has 0 saturated heterocycles. The standard InChI is InChI=1S/C16H20N4O/c21-16(12-17-13-6-2-1-3-7-13)19-15-10-11-18-20(15)14-8-4-5-9-14/h1-3,6-7,10-11,14,17H,4-5,8-9,12H2,(H,19,21). The summed E-state index contributed by atoms with van der Waals surface area (Å²) in [7, 11) is 0. The van der Waals surface area contributed by atoms with Crippen molar-refractivity contribution in [3.8, 4) is 0 Å². The number of nitrogens with zero attached hydrogens (tertiary/aromatic N) is 2. The molecule has 1 amide bonds. The molecule has 1 heterocycles. The monoisotopic (exact) mass is 284 g/mol. The van der Waals surface area contributed by atoms with Crippen molar-refractivity contribution < 1.29 is 4.79 Å². The minimum absolute atomic E-state index is 0.0569. The van der Waals surface area contributed by atoms with Crippen LogP contribution in [0.15, 0.2) is 42.6 Å². The molecule has 2 N–H and O–H groups in total. The van der Waals surface area contributed by atoms with Gasteiger partial charge in [-0.3, -0.25) is 4.79 Å². The Morgan fingerprint density at radius 3 is 2.71 bits per heavy atom. The Hall–Kier alpha value is -2.30. The van der Waals surface area contributed by atoms with Crippen molar-refractivity contribution in [2.45, 2.75) is 31.7 Å². The van der Waals surface area contributed by atoms with Crippen LogP contribution in [0.5, 0.6) is 0 Å². The number of aromatic nitrogens is 2. The van der Waals surface area contributed by atoms with Gasteiger partial charge in [-0.05, 0) is 25.0 Å². The van der Waals surface area contributed by atoms with Gasteiger partial charge in [-0.15, -0.1) is 0 Å². The van der Waals surface area contributed by atoms with Crippen LogP contribution in [-0.4, -0.2) is 22.2 Å². The van der Waals surface area contributed by atoms with Crippen LogP contribution in [0, 0.1) is 0 Å². The van der Waals surface area contributed by atoms with Gasteiger partial charge in [0.2, 0.25) is 5.91 Å². The normalized spacial score (nSPS) is 15.0. The minimum Gasteiger partial charge on any atom is -0.376 e. The number of rotatable bonds is 5. The van der Waals surface area contributed by atoms with Crippen molar-refractivity contribution in [1.29, 1.82) is 0 Å². The van der Waals surface area contributed by atoms with E-state index in [0.29, 0.717) is 6.04 Å². The number of para-hydroxylation sites is 1. The van der Waals surface area contributed by atoms with Crippen LogP contribution in [0.25, 0.3) is 0 Å². The fraction of sp³-hybridized carbons (Fsp3) is 0.375. The summed E-state index contributed by atoms with van der Waals surface area (Å²) in [4.78, 5) is 12.0. The van der Waals surface area contributed by atoms with Crippen molar-refractivity contribution in [3.05, 3.63) is 42.6 Å². The van der Waals surface area contributed by atoms with Crippen LogP contribution in [0.2, 0.25) is 0 Å². The molecule has 0 radical (unpaired) electrons. The Bertz CT molecular complexity index is 587. The van der Waals surface area contributed by atoms with Crippen LogP contribution in [-0.2, 0) is 4.79 Å². The maximum atomic E-state index is 12.0. The SMILES string of the molecule is O=C(CNc1ccccc1)Nc1ccnn1C1CCCC1. The fourth-order valence-electron chi connectivity index (χ4n) is 2.78. The van der Waals surface area contributed by atoms with Gasteiger partial charge in [0.05, 0.1) is 18.8 Å². The molecule has 1 aromatic carbocycles. The number of carbonyl (C=O) groups excluding carboxylic acids is 1. The van der Waals surface area contributed by atoms with Crippen molar-refractivity contribution in [3.63, 3.8) is 0 Å². The molecule has 5 heteroatoms. The second-order valence-electron chi connectivity index (χ2n) is 5.37. The van der Waals surface area contributed by atoms with Gasteiger partial charge >= 0.3 is 0 Å². The fourth-order valence-corrected chi connectivity index (χ4v) is 2.78. The third-order valence-corrected chi connectivity index (χ3v) is 3.84. The lowest BCUT2D eigenvalue weighted by atomic mass is 10.2. The second kappa shape index (κ2) is 6.43. The van der Waals surface area contributed by atoms with Gasteiger partial charge < -0.3 is 10.6 Å². The summed E-state index contributed by atoms with van der Waals surface area (Å²) in [6, 6.07) is 12.0. The smallest absolute Gasteiger partial charge is 0.244 e. The molecule has 0 bridgehead atoms. The second-order valence-corrected chi connectivity index (χ2v) is 5.37. The Balaban J connectivity index is 1.56. The van der Waals surface area contributed by atoms with E-state index in [1.807, 2.05) is 41.1 Å². The number of anilines is 2. The third-order valence-electron chi connectivity index (χ3n) is 3.84. The predicted octanol–water partition coefficient (Wildman–Crippen LogP) is 3.05. The van der Waals surface area contributed by atoms with E-state index in [4.69, 9.17) is 0 Å². The number of amides is 1. The molecule has 110 valence electrons. The Morgan fingerprint density at radius 1 is 1.19 bits per heavy atom. The lowest BCUT2D eigenvalue weighted by Gasteiger charge is -2.15. The number of hydrogen-bond donors (Lipinski definition) is 2. The third kappa shape index (κ3) is 3.42. The summed E-state index contributed by atoms with van der Waals surface area (Å²) < 4.78 is 1.95. The summed E-state index contributed by atoms with van der Waals surface area (Å²) in [5, 5.41) is 10.4. The zero-order chi connectivity index (χ0) is 14.5. The van der Waals surface area contributed by atoms with E-state index in [2.05, 4.69) is 15.7 Å². The summed E-state index contributed by atoms with van der Waals surface area (Å²) in [6.07, 6.45) is 6.53. The predicted molar refractivity (Wildman–Crippen MR) is 83.3 cm³/mol. The molecule has 1 aromatic heterocycles. The van der Waals surface area contributed by atoms with Gasteiger partial charge in [-0.1, -0.05) is 31.0 Å². The Kier molecular flexibility index (Phi) is 4.19. The highest BCUT2D eigenvalue weighted by molar-refractivity contribution is 5.93. The molecule has 2 aromatic rings. The van der Waals surface area contributed by atoms with Crippen molar-refractivity contribution in [2.75, 3.05) is 17.2 Å². The van der Waals surface area contributed by atoms with E-state index < -0.39 is 0 Å². The molecular formula is C16H20N4O. The molecular weight excluding hydrogens is 264 g/mol. The average Bonchev–Trinajstić information content (AvgIpc) is 3.17. The quantitative estimate of drug-likeness (QED) is 0.887. The van der Waals surface area contributed by atoms with Crippen LogP contribution < -0.4 is 10.6 Å². The first-order valence-electron chi connectivity index (χ1n) is 7.45. The lowest BCUT2D eigenvalue weighted by Crippen LogP contribution is -2.24. The molecule has 0 aliphatic heterocycles. The number of nitrogens with one attached hydrogen (secondary N) is 2. The molecule has 5 nitrogen and oxygen atoms in total. The molecule has 3 rings (SSSR count). The van der Waals surface area contributed by atoms with Gasteiger partial charge in [-0.2, -0.15) is 5.10 Å². The molecule has 21 heavy (non-hydrogen) atoms. The highest BCUT2D eigenvalue weighted by atomic mass is 16.2. The Labute approximate surface area is 124 Å². The van der Waals surface area contributed by atoms with Gasteiger partial charge in [0, 0.05) is 11.8 Å². The van der Waals surface area contributed by atoms with E-state index in [9.17, 15) is 4.79 Å². The summed E-state index contributed by atoms with van der Waals surface area (Å²) in [5.74, 6) is 0.736. The number of benzene rings is 1. The maximum absolute atomic E-state index is 12.0. The van der Waals surface area contributed by atoms with Crippen LogP contribution in [0.1, 0.15) is 31.7 Å². The average molecular weight is 284 g/mol. The minimum atomic E-state index is -0.0569. The first-order chi connectivity index (χ1) is 10.3. The zero-order valence-corrected chi connectivity index (χ0v) is 12.0. The van der Waals surface area contributed by atoms with Gasteiger partial charge in [0.25, 0.3) is 0 Å². The number of carbonyl (C=O) groups is 1. The molecule has 1 aliphatic carbocycles. The van der Waals surface area contributed by atoms with Crippen LogP contribution >= 0.6 is 0 Å². The van der Waals surface area contributed by atoms with Crippen LogP contribution in [0.4, 0.5) is 11.5 Å². The van der Waals surface area contributed by atoms with Gasteiger partial charge in [0.15, 0.2) is 0 Å².